The average molecular weight is 444 g/mol. The van der Waals surface area contributed by atoms with Gasteiger partial charge in [-0.25, -0.2) is 9.29 Å². The van der Waals surface area contributed by atoms with E-state index in [0.717, 1.165) is 4.90 Å². The van der Waals surface area contributed by atoms with Gasteiger partial charge in [0.25, 0.3) is 11.8 Å². The zero-order chi connectivity index (χ0) is 23.1. The van der Waals surface area contributed by atoms with Gasteiger partial charge in [0.15, 0.2) is 0 Å². The molecule has 0 N–H and O–H groups in total. The van der Waals surface area contributed by atoms with Crippen LogP contribution in [0.4, 0.5) is 15.8 Å². The zero-order valence-electron chi connectivity index (χ0n) is 17.2. The standard InChI is InChI=1S/C25H17FN2O5/c26-16-5-7-17(8-6-16)27-14-15(13-22(27)29)25(32)33-19-11-9-18(10-12-19)28-23(30)20-3-1-2-4-21(20)24(28)31/h1-12,15H,13-14H2/t15-/m1/s1. The Hall–Kier alpha value is -4.33. The smallest absolute Gasteiger partial charge is 0.316 e. The van der Waals surface area contributed by atoms with Crippen LogP contribution in [0.1, 0.15) is 27.1 Å². The van der Waals surface area contributed by atoms with Crippen molar-refractivity contribution in [1.29, 1.82) is 0 Å². The fourth-order valence-corrected chi connectivity index (χ4v) is 4.02. The fraction of sp³-hybridized carbons (Fsp3) is 0.120. The van der Waals surface area contributed by atoms with Crippen LogP contribution >= 0.6 is 0 Å². The van der Waals surface area contributed by atoms with Gasteiger partial charge in [0.2, 0.25) is 5.91 Å². The first-order valence-electron chi connectivity index (χ1n) is 10.3. The number of amides is 3. The molecule has 2 aliphatic heterocycles. The van der Waals surface area contributed by atoms with E-state index < -0.39 is 29.5 Å². The van der Waals surface area contributed by atoms with Crippen LogP contribution in [0.25, 0.3) is 0 Å². The van der Waals surface area contributed by atoms with E-state index in [4.69, 9.17) is 4.74 Å². The maximum absolute atomic E-state index is 13.1. The van der Waals surface area contributed by atoms with Gasteiger partial charge in [-0.15, -0.1) is 0 Å². The van der Waals surface area contributed by atoms with E-state index in [1.54, 1.807) is 24.3 Å². The first kappa shape index (κ1) is 20.6. The topological polar surface area (TPSA) is 84.0 Å². The third-order valence-electron chi connectivity index (χ3n) is 5.70. The molecule has 3 aromatic carbocycles. The average Bonchev–Trinajstić information content (AvgIpc) is 3.33. The normalized spacial score (nSPS) is 17.5. The van der Waals surface area contributed by atoms with Crippen LogP contribution in [0.3, 0.4) is 0 Å². The van der Waals surface area contributed by atoms with Gasteiger partial charge in [-0.05, 0) is 60.7 Å². The Morgan fingerprint density at radius 2 is 1.39 bits per heavy atom. The minimum atomic E-state index is -0.668. The third kappa shape index (κ3) is 3.65. The molecule has 0 radical (unpaired) electrons. The number of anilines is 2. The van der Waals surface area contributed by atoms with Crippen molar-refractivity contribution in [3.8, 4) is 5.75 Å². The van der Waals surface area contributed by atoms with E-state index in [9.17, 15) is 23.6 Å². The Kier molecular flexibility index (Phi) is 4.97. The highest BCUT2D eigenvalue weighted by molar-refractivity contribution is 6.34. The molecule has 2 aliphatic rings. The number of esters is 1. The number of nitrogens with zero attached hydrogens (tertiary/aromatic N) is 2. The maximum atomic E-state index is 13.1. The van der Waals surface area contributed by atoms with Gasteiger partial charge in [-0.3, -0.25) is 19.2 Å². The number of halogens is 1. The summed E-state index contributed by atoms with van der Waals surface area (Å²) < 4.78 is 18.6. The van der Waals surface area contributed by atoms with Crippen LogP contribution in [0, 0.1) is 11.7 Å². The second-order valence-electron chi connectivity index (χ2n) is 7.79. The summed E-state index contributed by atoms with van der Waals surface area (Å²) in [5, 5.41) is 0. The molecule has 0 saturated carbocycles. The van der Waals surface area contributed by atoms with Gasteiger partial charge in [-0.1, -0.05) is 12.1 Å². The summed E-state index contributed by atoms with van der Waals surface area (Å²) in [6.45, 7) is 0.135. The number of rotatable bonds is 4. The Labute approximate surface area is 188 Å². The predicted molar refractivity (Wildman–Crippen MR) is 117 cm³/mol. The number of imide groups is 1. The second-order valence-corrected chi connectivity index (χ2v) is 7.79. The highest BCUT2D eigenvalue weighted by Crippen LogP contribution is 2.30. The van der Waals surface area contributed by atoms with Crippen LogP contribution in [-0.2, 0) is 9.59 Å². The lowest BCUT2D eigenvalue weighted by Gasteiger charge is -2.16. The molecule has 3 aromatic rings. The number of hydrogen-bond acceptors (Lipinski definition) is 5. The Morgan fingerprint density at radius 3 is 2.00 bits per heavy atom. The molecular formula is C25H17FN2O5. The van der Waals surface area contributed by atoms with Crippen molar-refractivity contribution < 1.29 is 28.3 Å². The number of carbonyl (C=O) groups is 4. The van der Waals surface area contributed by atoms with Crippen molar-refractivity contribution in [2.75, 3.05) is 16.3 Å². The lowest BCUT2D eigenvalue weighted by atomic mass is 10.1. The van der Waals surface area contributed by atoms with Gasteiger partial charge >= 0.3 is 5.97 Å². The maximum Gasteiger partial charge on any atom is 0.316 e. The molecule has 0 spiro atoms. The van der Waals surface area contributed by atoms with Gasteiger partial charge in [-0.2, -0.15) is 0 Å². The summed E-state index contributed by atoms with van der Waals surface area (Å²) in [6, 6.07) is 18.1. The van der Waals surface area contributed by atoms with Crippen molar-refractivity contribution in [3.63, 3.8) is 0 Å². The van der Waals surface area contributed by atoms with Crippen LogP contribution in [0.5, 0.6) is 5.75 Å². The van der Waals surface area contributed by atoms with Gasteiger partial charge in [0.1, 0.15) is 11.6 Å². The van der Waals surface area contributed by atoms with Crippen molar-refractivity contribution in [3.05, 3.63) is 89.7 Å². The summed E-state index contributed by atoms with van der Waals surface area (Å²) in [4.78, 5) is 52.6. The number of carbonyl (C=O) groups excluding carboxylic acids is 4. The SMILES string of the molecule is O=C(Oc1ccc(N2C(=O)c3ccccc3C2=O)cc1)[C@@H]1CC(=O)N(c2ccc(F)cc2)C1. The molecule has 2 heterocycles. The third-order valence-corrected chi connectivity index (χ3v) is 5.70. The Balaban J connectivity index is 1.26. The van der Waals surface area contributed by atoms with E-state index >= 15 is 0 Å². The second kappa shape index (κ2) is 7.98. The molecule has 3 amide bonds. The molecule has 0 aliphatic carbocycles. The number of benzene rings is 3. The number of ether oxygens (including phenoxy) is 1. The van der Waals surface area contributed by atoms with E-state index in [2.05, 4.69) is 0 Å². The summed E-state index contributed by atoms with van der Waals surface area (Å²) in [6.07, 6.45) is -0.0106. The fourth-order valence-electron chi connectivity index (χ4n) is 4.02. The van der Waals surface area contributed by atoms with Crippen molar-refractivity contribution >= 4 is 35.1 Å². The molecule has 0 unspecified atom stereocenters. The number of fused-ring (bicyclic) bond motifs is 1. The van der Waals surface area contributed by atoms with E-state index in [-0.39, 0.29) is 24.6 Å². The van der Waals surface area contributed by atoms with Crippen LogP contribution in [0.2, 0.25) is 0 Å². The van der Waals surface area contributed by atoms with Gasteiger partial charge in [0.05, 0.1) is 22.7 Å². The molecule has 1 fully saturated rings. The first-order chi connectivity index (χ1) is 15.9. The molecule has 33 heavy (non-hydrogen) atoms. The minimum absolute atomic E-state index is 0.0106. The largest absolute Gasteiger partial charge is 0.426 e. The molecule has 7 nitrogen and oxygen atoms in total. The minimum Gasteiger partial charge on any atom is -0.426 e. The van der Waals surface area contributed by atoms with E-state index in [1.807, 2.05) is 0 Å². The van der Waals surface area contributed by atoms with Gasteiger partial charge in [0, 0.05) is 18.7 Å². The van der Waals surface area contributed by atoms with Crippen LogP contribution in [-0.4, -0.2) is 30.2 Å². The lowest BCUT2D eigenvalue weighted by molar-refractivity contribution is -0.139. The van der Waals surface area contributed by atoms with Crippen molar-refractivity contribution in [2.24, 2.45) is 5.92 Å². The monoisotopic (exact) mass is 444 g/mol. The van der Waals surface area contributed by atoms with Gasteiger partial charge < -0.3 is 9.64 Å². The van der Waals surface area contributed by atoms with Crippen molar-refractivity contribution in [1.82, 2.24) is 0 Å². The molecule has 0 bridgehead atoms. The Bertz CT molecular complexity index is 1250. The summed E-state index contributed by atoms with van der Waals surface area (Å²) >= 11 is 0. The molecule has 1 saturated heterocycles. The molecule has 164 valence electrons. The lowest BCUT2D eigenvalue weighted by Crippen LogP contribution is -2.29. The summed E-state index contributed by atoms with van der Waals surface area (Å²) in [5.41, 5.74) is 1.56. The van der Waals surface area contributed by atoms with E-state index in [1.165, 1.54) is 53.4 Å². The van der Waals surface area contributed by atoms with Crippen molar-refractivity contribution in [2.45, 2.75) is 6.42 Å². The zero-order valence-corrected chi connectivity index (χ0v) is 17.2. The number of hydrogen-bond donors (Lipinski definition) is 0. The highest BCUT2D eigenvalue weighted by Gasteiger charge is 2.37. The molecule has 5 rings (SSSR count). The summed E-state index contributed by atoms with van der Waals surface area (Å²) in [7, 11) is 0. The highest BCUT2D eigenvalue weighted by atomic mass is 19.1. The molecule has 8 heteroatoms. The predicted octanol–water partition coefficient (Wildman–Crippen LogP) is 3.58. The summed E-state index contributed by atoms with van der Waals surface area (Å²) in [5.74, 6) is -2.49. The quantitative estimate of drug-likeness (QED) is 0.349. The molecular weight excluding hydrogens is 427 g/mol. The first-order valence-corrected chi connectivity index (χ1v) is 10.3. The molecule has 0 aromatic heterocycles. The van der Waals surface area contributed by atoms with E-state index in [0.29, 0.717) is 22.5 Å². The van der Waals surface area contributed by atoms with Crippen LogP contribution < -0.4 is 14.5 Å². The Morgan fingerprint density at radius 1 is 0.818 bits per heavy atom. The molecule has 1 atom stereocenters. The van der Waals surface area contributed by atoms with Crippen LogP contribution in [0.15, 0.2) is 72.8 Å².